The summed E-state index contributed by atoms with van der Waals surface area (Å²) in [4.78, 5) is 8.56. The van der Waals surface area contributed by atoms with E-state index in [0.29, 0.717) is 17.5 Å². The van der Waals surface area contributed by atoms with Gasteiger partial charge in [-0.05, 0) is 24.3 Å². The summed E-state index contributed by atoms with van der Waals surface area (Å²) < 4.78 is 8.24. The summed E-state index contributed by atoms with van der Waals surface area (Å²) in [6.45, 7) is 0. The van der Waals surface area contributed by atoms with Crippen LogP contribution in [0.1, 0.15) is 5.89 Å². The molecule has 0 aliphatic rings. The highest BCUT2D eigenvalue weighted by Crippen LogP contribution is 2.26. The predicted molar refractivity (Wildman–Crippen MR) is 101 cm³/mol. The zero-order valence-corrected chi connectivity index (χ0v) is 16.1. The SMILES string of the molecule is Cn1c(SCc2nc(-c3cccc(Br)c3)no2)nnc1-c1cccnc1. The maximum absolute atomic E-state index is 5.35. The summed E-state index contributed by atoms with van der Waals surface area (Å²) >= 11 is 4.94. The van der Waals surface area contributed by atoms with Gasteiger partial charge in [0.05, 0.1) is 5.75 Å². The zero-order chi connectivity index (χ0) is 17.9. The van der Waals surface area contributed by atoms with Gasteiger partial charge < -0.3 is 9.09 Å². The molecule has 4 rings (SSSR count). The molecule has 26 heavy (non-hydrogen) atoms. The van der Waals surface area contributed by atoms with E-state index in [0.717, 1.165) is 26.6 Å². The summed E-state index contributed by atoms with van der Waals surface area (Å²) in [5.74, 6) is 2.38. The molecule has 3 aromatic heterocycles. The van der Waals surface area contributed by atoms with Crippen LogP contribution in [0.4, 0.5) is 0 Å². The van der Waals surface area contributed by atoms with Gasteiger partial charge in [-0.15, -0.1) is 10.2 Å². The Morgan fingerprint density at radius 3 is 2.85 bits per heavy atom. The first-order chi connectivity index (χ1) is 12.7. The highest BCUT2D eigenvalue weighted by atomic mass is 79.9. The lowest BCUT2D eigenvalue weighted by Crippen LogP contribution is -1.95. The first-order valence-electron chi connectivity index (χ1n) is 7.72. The quantitative estimate of drug-likeness (QED) is 0.444. The lowest BCUT2D eigenvalue weighted by molar-refractivity contribution is 0.391. The van der Waals surface area contributed by atoms with Gasteiger partial charge in [0, 0.05) is 35.0 Å². The highest BCUT2D eigenvalue weighted by Gasteiger charge is 2.14. The van der Waals surface area contributed by atoms with Crippen molar-refractivity contribution in [2.75, 3.05) is 0 Å². The third-order valence-corrected chi connectivity index (χ3v) is 5.13. The molecule has 0 spiro atoms. The van der Waals surface area contributed by atoms with Crippen LogP contribution in [0.5, 0.6) is 0 Å². The van der Waals surface area contributed by atoms with Gasteiger partial charge in [-0.3, -0.25) is 4.98 Å². The van der Waals surface area contributed by atoms with Gasteiger partial charge in [-0.2, -0.15) is 4.98 Å². The summed E-state index contributed by atoms with van der Waals surface area (Å²) in [6.07, 6.45) is 3.49. The number of hydrogen-bond acceptors (Lipinski definition) is 7. The maximum Gasteiger partial charge on any atom is 0.237 e. The Hall–Kier alpha value is -2.52. The molecule has 0 N–H and O–H groups in total. The molecule has 0 fully saturated rings. The van der Waals surface area contributed by atoms with Crippen LogP contribution in [0.15, 0.2) is 62.9 Å². The number of halogens is 1. The molecule has 0 amide bonds. The normalized spacial score (nSPS) is 11.0. The molecule has 0 unspecified atom stereocenters. The average Bonchev–Trinajstić information content (AvgIpc) is 3.28. The standard InChI is InChI=1S/C17H13BrN6OS/c1-24-16(12-5-3-7-19-9-12)21-22-17(24)26-10-14-20-15(23-25-14)11-4-2-6-13(18)8-11/h2-9H,10H2,1H3. The van der Waals surface area contributed by atoms with E-state index < -0.39 is 0 Å². The molecule has 9 heteroatoms. The lowest BCUT2D eigenvalue weighted by Gasteiger charge is -2.02. The number of nitrogens with zero attached hydrogens (tertiary/aromatic N) is 6. The van der Waals surface area contributed by atoms with Crippen molar-refractivity contribution in [1.82, 2.24) is 29.9 Å². The van der Waals surface area contributed by atoms with Crippen molar-refractivity contribution in [3.05, 3.63) is 59.2 Å². The summed E-state index contributed by atoms with van der Waals surface area (Å²) in [6, 6.07) is 11.6. The number of rotatable bonds is 5. The van der Waals surface area contributed by atoms with E-state index in [1.54, 1.807) is 12.4 Å². The second-order valence-electron chi connectivity index (χ2n) is 5.42. The molecule has 0 aliphatic heterocycles. The summed E-state index contributed by atoms with van der Waals surface area (Å²) in [7, 11) is 1.92. The van der Waals surface area contributed by atoms with E-state index in [4.69, 9.17) is 4.52 Å². The summed E-state index contributed by atoms with van der Waals surface area (Å²) in [5, 5.41) is 13.3. The molecule has 0 radical (unpaired) electrons. The topological polar surface area (TPSA) is 82.5 Å². The van der Waals surface area contributed by atoms with Gasteiger partial charge >= 0.3 is 0 Å². The van der Waals surface area contributed by atoms with Crippen molar-refractivity contribution in [1.29, 1.82) is 0 Å². The molecule has 0 saturated heterocycles. The van der Waals surface area contributed by atoms with Crippen molar-refractivity contribution < 1.29 is 4.52 Å². The third-order valence-electron chi connectivity index (χ3n) is 3.63. The van der Waals surface area contributed by atoms with Crippen LogP contribution in [0.2, 0.25) is 0 Å². The largest absolute Gasteiger partial charge is 0.338 e. The Kier molecular flexibility index (Phi) is 4.81. The highest BCUT2D eigenvalue weighted by molar-refractivity contribution is 9.10. The molecule has 7 nitrogen and oxygen atoms in total. The van der Waals surface area contributed by atoms with Gasteiger partial charge in [0.1, 0.15) is 0 Å². The number of benzene rings is 1. The molecule has 130 valence electrons. The van der Waals surface area contributed by atoms with Gasteiger partial charge in [0.2, 0.25) is 11.7 Å². The van der Waals surface area contributed by atoms with Crippen molar-refractivity contribution in [2.45, 2.75) is 10.9 Å². The van der Waals surface area contributed by atoms with Gasteiger partial charge in [-0.1, -0.05) is 45.0 Å². The van der Waals surface area contributed by atoms with Crippen LogP contribution in [-0.4, -0.2) is 29.9 Å². The van der Waals surface area contributed by atoms with Crippen LogP contribution in [-0.2, 0) is 12.8 Å². The second-order valence-corrected chi connectivity index (χ2v) is 7.28. The fraction of sp³-hybridized carbons (Fsp3) is 0.118. The minimum absolute atomic E-state index is 0.514. The van der Waals surface area contributed by atoms with E-state index in [2.05, 4.69) is 41.3 Å². The minimum Gasteiger partial charge on any atom is -0.338 e. The number of thioether (sulfide) groups is 1. The Bertz CT molecular complexity index is 1030. The van der Waals surface area contributed by atoms with E-state index in [9.17, 15) is 0 Å². The lowest BCUT2D eigenvalue weighted by atomic mass is 10.2. The van der Waals surface area contributed by atoms with Crippen LogP contribution in [0, 0.1) is 0 Å². The molecular formula is C17H13BrN6OS. The molecule has 3 heterocycles. The first-order valence-corrected chi connectivity index (χ1v) is 9.49. The van der Waals surface area contributed by atoms with Crippen molar-refractivity contribution in [3.63, 3.8) is 0 Å². The number of pyridine rings is 1. The fourth-order valence-corrected chi connectivity index (χ4v) is 3.52. The van der Waals surface area contributed by atoms with Crippen LogP contribution in [0.3, 0.4) is 0 Å². The minimum atomic E-state index is 0.514. The smallest absolute Gasteiger partial charge is 0.237 e. The van der Waals surface area contributed by atoms with Crippen molar-refractivity contribution in [2.24, 2.45) is 7.05 Å². The van der Waals surface area contributed by atoms with E-state index in [1.807, 2.05) is 48.0 Å². The van der Waals surface area contributed by atoms with Gasteiger partial charge in [0.15, 0.2) is 11.0 Å². The molecule has 0 aliphatic carbocycles. The monoisotopic (exact) mass is 428 g/mol. The maximum atomic E-state index is 5.35. The van der Waals surface area contributed by atoms with Gasteiger partial charge in [-0.25, -0.2) is 0 Å². The molecule has 1 aromatic carbocycles. The molecule has 0 bridgehead atoms. The molecular weight excluding hydrogens is 416 g/mol. The predicted octanol–water partition coefficient (Wildman–Crippen LogP) is 3.98. The fourth-order valence-electron chi connectivity index (χ4n) is 2.37. The Balaban J connectivity index is 1.48. The van der Waals surface area contributed by atoms with Crippen LogP contribution in [0.25, 0.3) is 22.8 Å². The molecule has 4 aromatic rings. The van der Waals surface area contributed by atoms with Crippen molar-refractivity contribution in [3.8, 4) is 22.8 Å². The van der Waals surface area contributed by atoms with Gasteiger partial charge in [0.25, 0.3) is 0 Å². The van der Waals surface area contributed by atoms with Crippen molar-refractivity contribution >= 4 is 27.7 Å². The number of aromatic nitrogens is 6. The first kappa shape index (κ1) is 16.9. The molecule has 0 atom stereocenters. The van der Waals surface area contributed by atoms with E-state index >= 15 is 0 Å². The Morgan fingerprint density at radius 2 is 2.04 bits per heavy atom. The van der Waals surface area contributed by atoms with Crippen LogP contribution < -0.4 is 0 Å². The molecule has 0 saturated carbocycles. The number of hydrogen-bond donors (Lipinski definition) is 0. The second kappa shape index (κ2) is 7.38. The zero-order valence-electron chi connectivity index (χ0n) is 13.7. The Morgan fingerprint density at radius 1 is 1.15 bits per heavy atom. The van der Waals surface area contributed by atoms with Crippen LogP contribution >= 0.6 is 27.7 Å². The Labute approximate surface area is 162 Å². The summed E-state index contributed by atoms with van der Waals surface area (Å²) in [5.41, 5.74) is 1.82. The van der Waals surface area contributed by atoms with E-state index in [1.165, 1.54) is 11.8 Å². The third kappa shape index (κ3) is 3.54. The van der Waals surface area contributed by atoms with E-state index in [-0.39, 0.29) is 0 Å². The average molecular weight is 429 g/mol.